The van der Waals surface area contributed by atoms with Gasteiger partial charge in [0, 0.05) is 50.9 Å². The van der Waals surface area contributed by atoms with Crippen LogP contribution in [0.1, 0.15) is 69.0 Å². The summed E-state index contributed by atoms with van der Waals surface area (Å²) < 4.78 is 25.2. The van der Waals surface area contributed by atoms with Crippen molar-refractivity contribution < 1.29 is 13.5 Å². The molecule has 4 aromatic heterocycles. The number of aromatic nitrogens is 3. The van der Waals surface area contributed by atoms with Gasteiger partial charge in [0.2, 0.25) is 11.6 Å². The Kier molecular flexibility index (Phi) is 9.21. The molecule has 1 aromatic carbocycles. The van der Waals surface area contributed by atoms with Crippen LogP contribution in [0.3, 0.4) is 0 Å². The fraction of sp³-hybridized carbons (Fsp3) is 0.229. The van der Waals surface area contributed by atoms with Crippen LogP contribution >= 0.6 is 0 Å². The molecule has 7 heteroatoms. The van der Waals surface area contributed by atoms with E-state index in [4.69, 9.17) is 9.15 Å². The van der Waals surface area contributed by atoms with Crippen LogP contribution in [0.5, 0.6) is 5.88 Å². The van der Waals surface area contributed by atoms with Gasteiger partial charge in [0.1, 0.15) is 11.6 Å². The van der Waals surface area contributed by atoms with Gasteiger partial charge < -0.3 is 14.1 Å². The fourth-order valence-corrected chi connectivity index (χ4v) is 5.26. The smallest absolute Gasteiger partial charge is 0.341 e. The summed E-state index contributed by atoms with van der Waals surface area (Å²) in [6, 6.07) is 9.13. The molecule has 0 bridgehead atoms. The SMILES string of the molecule is C=C1Oc2ncccc2-c2c1[nH]c1cc(F)c(/C=C\C)c(C)c21.CC.CC/C=C(\C)c1c(C)c(=O)oc2ncccc12. The third-order valence-corrected chi connectivity index (χ3v) is 7.02. The maximum Gasteiger partial charge on any atom is 0.341 e. The summed E-state index contributed by atoms with van der Waals surface area (Å²) in [5.41, 5.74) is 7.65. The Morgan fingerprint density at radius 1 is 1.12 bits per heavy atom. The van der Waals surface area contributed by atoms with Crippen molar-refractivity contribution >= 4 is 39.4 Å². The predicted molar refractivity (Wildman–Crippen MR) is 171 cm³/mol. The molecule has 0 amide bonds. The molecule has 5 aromatic rings. The van der Waals surface area contributed by atoms with Crippen LogP contribution in [0.4, 0.5) is 4.39 Å². The van der Waals surface area contributed by atoms with Crippen molar-refractivity contribution in [1.29, 1.82) is 0 Å². The number of hydrogen-bond donors (Lipinski definition) is 1. The van der Waals surface area contributed by atoms with Crippen LogP contribution in [-0.4, -0.2) is 15.0 Å². The summed E-state index contributed by atoms with van der Waals surface area (Å²) in [4.78, 5) is 23.3. The van der Waals surface area contributed by atoms with Crippen molar-refractivity contribution in [2.24, 2.45) is 0 Å². The van der Waals surface area contributed by atoms with Gasteiger partial charge in [-0.1, -0.05) is 45.6 Å². The molecule has 0 atom stereocenters. The third kappa shape index (κ3) is 5.42. The minimum absolute atomic E-state index is 0.246. The van der Waals surface area contributed by atoms with E-state index in [2.05, 4.69) is 34.5 Å². The van der Waals surface area contributed by atoms with Crippen molar-refractivity contribution in [1.82, 2.24) is 15.0 Å². The normalized spacial score (nSPS) is 12.3. The number of halogens is 1. The van der Waals surface area contributed by atoms with Crippen molar-refractivity contribution in [2.75, 3.05) is 0 Å². The van der Waals surface area contributed by atoms with E-state index in [-0.39, 0.29) is 11.4 Å². The average molecular weight is 566 g/mol. The Morgan fingerprint density at radius 3 is 2.55 bits per heavy atom. The Hall–Kier alpha value is -4.78. The summed E-state index contributed by atoms with van der Waals surface area (Å²) in [6.07, 6.45) is 9.99. The summed E-state index contributed by atoms with van der Waals surface area (Å²) >= 11 is 0. The maximum atomic E-state index is 14.4. The minimum atomic E-state index is -0.310. The lowest BCUT2D eigenvalue weighted by Crippen LogP contribution is -2.07. The molecule has 0 radical (unpaired) electrons. The van der Waals surface area contributed by atoms with Crippen LogP contribution in [0, 0.1) is 19.7 Å². The van der Waals surface area contributed by atoms with E-state index in [1.165, 1.54) is 6.07 Å². The van der Waals surface area contributed by atoms with Gasteiger partial charge in [0.25, 0.3) is 0 Å². The van der Waals surface area contributed by atoms with Crippen LogP contribution in [0.25, 0.3) is 50.5 Å². The highest BCUT2D eigenvalue weighted by atomic mass is 19.1. The van der Waals surface area contributed by atoms with E-state index in [9.17, 15) is 9.18 Å². The fourth-order valence-electron chi connectivity index (χ4n) is 5.26. The van der Waals surface area contributed by atoms with E-state index in [0.717, 1.165) is 56.2 Å². The molecule has 42 heavy (non-hydrogen) atoms. The van der Waals surface area contributed by atoms with Gasteiger partial charge in [-0.3, -0.25) is 0 Å². The second-order valence-electron chi connectivity index (χ2n) is 9.62. The number of hydrogen-bond acceptors (Lipinski definition) is 5. The zero-order valence-electron chi connectivity index (χ0n) is 25.2. The van der Waals surface area contributed by atoms with Gasteiger partial charge >= 0.3 is 5.63 Å². The van der Waals surface area contributed by atoms with E-state index in [0.29, 0.717) is 28.5 Å². The highest BCUT2D eigenvalue weighted by Gasteiger charge is 2.27. The van der Waals surface area contributed by atoms with Crippen LogP contribution in [0.15, 0.2) is 70.7 Å². The molecule has 1 aliphatic heterocycles. The molecule has 0 fully saturated rings. The third-order valence-electron chi connectivity index (χ3n) is 7.02. The highest BCUT2D eigenvalue weighted by Crippen LogP contribution is 2.45. The number of H-pyrrole nitrogens is 1. The van der Waals surface area contributed by atoms with Crippen molar-refractivity contribution in [3.05, 3.63) is 106 Å². The Bertz CT molecular complexity index is 1910. The van der Waals surface area contributed by atoms with E-state index in [1.54, 1.807) is 25.4 Å². The van der Waals surface area contributed by atoms with E-state index < -0.39 is 0 Å². The van der Waals surface area contributed by atoms with Crippen LogP contribution in [-0.2, 0) is 0 Å². The monoisotopic (exact) mass is 565 g/mol. The number of benzene rings is 1. The summed E-state index contributed by atoms with van der Waals surface area (Å²) in [7, 11) is 0. The molecular formula is C35H36FN3O3. The molecule has 6 nitrogen and oxygen atoms in total. The second-order valence-corrected chi connectivity index (χ2v) is 9.62. The molecular weight excluding hydrogens is 529 g/mol. The van der Waals surface area contributed by atoms with Gasteiger partial charge in [-0.25, -0.2) is 19.2 Å². The van der Waals surface area contributed by atoms with Gasteiger partial charge in [-0.05, 0) is 81.1 Å². The molecule has 0 saturated heterocycles. The molecule has 1 N–H and O–H groups in total. The summed E-state index contributed by atoms with van der Waals surface area (Å²) in [6.45, 7) is 17.7. The first-order valence-electron chi connectivity index (χ1n) is 14.1. The Balaban J connectivity index is 0.000000190. The zero-order chi connectivity index (χ0) is 30.6. The lowest BCUT2D eigenvalue weighted by molar-refractivity contribution is 0.490. The number of ether oxygens (including phenoxy) is 1. The van der Waals surface area contributed by atoms with Gasteiger partial charge in [0.15, 0.2) is 0 Å². The van der Waals surface area contributed by atoms with Gasteiger partial charge in [-0.2, -0.15) is 0 Å². The number of pyridine rings is 2. The lowest BCUT2D eigenvalue weighted by atomic mass is 9.95. The van der Waals surface area contributed by atoms with E-state index >= 15 is 0 Å². The number of rotatable bonds is 3. The first-order chi connectivity index (χ1) is 20.3. The number of fused-ring (bicyclic) bond motifs is 6. The molecule has 216 valence electrons. The number of aromatic amines is 1. The van der Waals surface area contributed by atoms with Crippen LogP contribution < -0.4 is 10.4 Å². The summed E-state index contributed by atoms with van der Waals surface area (Å²) in [5.74, 6) is 0.779. The standard InChI is InChI=1S/C19H15FN2O.C14H15NO2.C2H6/c1-4-6-12-10(2)16-15(9-14(12)20)22-18-11(3)23-19-13(17(16)18)7-5-8-21-19;1-4-6-9(2)12-10(3)14(16)17-13-11(12)7-5-8-15-13;1-2/h4-9,22H,3H2,1-2H3;5-8H,4H2,1-3H3;1-2H3/b6-4-;9-6+;. The number of nitrogens with one attached hydrogen (secondary N) is 1. The van der Waals surface area contributed by atoms with Gasteiger partial charge in [0.05, 0.1) is 5.69 Å². The largest absolute Gasteiger partial charge is 0.437 e. The summed E-state index contributed by atoms with van der Waals surface area (Å²) in [5, 5.41) is 1.88. The van der Waals surface area contributed by atoms with Crippen LogP contribution in [0.2, 0.25) is 0 Å². The molecule has 5 heterocycles. The van der Waals surface area contributed by atoms with Crippen molar-refractivity contribution in [3.63, 3.8) is 0 Å². The molecule has 0 unspecified atom stereocenters. The zero-order valence-corrected chi connectivity index (χ0v) is 25.2. The quantitative estimate of drug-likeness (QED) is 0.236. The lowest BCUT2D eigenvalue weighted by Gasteiger charge is -2.18. The molecule has 0 spiro atoms. The topological polar surface area (TPSA) is 81.0 Å². The van der Waals surface area contributed by atoms with E-state index in [1.807, 2.05) is 65.0 Å². The molecule has 6 rings (SSSR count). The number of allylic oxidation sites excluding steroid dienone is 3. The minimum Gasteiger partial charge on any atom is -0.437 e. The number of aryl methyl sites for hydroxylation is 1. The average Bonchev–Trinajstić information content (AvgIpc) is 3.38. The van der Waals surface area contributed by atoms with Crippen molar-refractivity contribution in [3.8, 4) is 17.0 Å². The molecule has 1 aliphatic rings. The number of nitrogens with zero attached hydrogens (tertiary/aromatic N) is 2. The predicted octanol–water partition coefficient (Wildman–Crippen LogP) is 9.41. The van der Waals surface area contributed by atoms with Crippen molar-refractivity contribution in [2.45, 2.75) is 54.9 Å². The highest BCUT2D eigenvalue weighted by molar-refractivity contribution is 6.06. The van der Waals surface area contributed by atoms with Gasteiger partial charge in [-0.15, -0.1) is 0 Å². The second kappa shape index (κ2) is 12.8. The first-order valence-corrected chi connectivity index (χ1v) is 14.1. The Morgan fingerprint density at radius 2 is 1.83 bits per heavy atom. The Labute approximate surface area is 245 Å². The maximum absolute atomic E-state index is 14.4. The molecule has 0 aliphatic carbocycles. The first kappa shape index (κ1) is 30.2. The molecule has 0 saturated carbocycles.